The largest absolute Gasteiger partial charge is 0.291 e. The van der Waals surface area contributed by atoms with Gasteiger partial charge in [-0.15, -0.1) is 0 Å². The molecule has 0 amide bonds. The molecule has 1 radical (unpaired) electrons. The standard InChI is InChI=1S/C9H15O/c1-8-4-2-3-5-9(6-8)7-10/h8-9H,2-6H2,1H3. The van der Waals surface area contributed by atoms with Crippen molar-refractivity contribution in [3.05, 3.63) is 0 Å². The molecule has 0 saturated heterocycles. The Morgan fingerprint density at radius 1 is 1.30 bits per heavy atom. The minimum absolute atomic E-state index is 0.248. The molecule has 0 aromatic carbocycles. The Hall–Kier alpha value is -0.330. The lowest BCUT2D eigenvalue weighted by Gasteiger charge is -2.08. The third-order valence-corrected chi connectivity index (χ3v) is 2.35. The second-order valence-corrected chi connectivity index (χ2v) is 3.44. The second kappa shape index (κ2) is 3.75. The number of hydrogen-bond donors (Lipinski definition) is 0. The van der Waals surface area contributed by atoms with Gasteiger partial charge in [0, 0.05) is 5.92 Å². The van der Waals surface area contributed by atoms with Crippen molar-refractivity contribution < 1.29 is 4.79 Å². The van der Waals surface area contributed by atoms with Crippen LogP contribution < -0.4 is 0 Å². The van der Waals surface area contributed by atoms with Gasteiger partial charge in [-0.25, -0.2) is 0 Å². The van der Waals surface area contributed by atoms with Gasteiger partial charge in [0.1, 0.15) is 0 Å². The van der Waals surface area contributed by atoms with E-state index in [9.17, 15) is 4.79 Å². The fourth-order valence-electron chi connectivity index (χ4n) is 1.71. The van der Waals surface area contributed by atoms with Crippen molar-refractivity contribution >= 4 is 6.29 Å². The average molecular weight is 139 g/mol. The van der Waals surface area contributed by atoms with Gasteiger partial charge in [-0.3, -0.25) is 4.79 Å². The van der Waals surface area contributed by atoms with Crippen LogP contribution in [0.25, 0.3) is 0 Å². The summed E-state index contributed by atoms with van der Waals surface area (Å²) in [4.78, 5) is 10.3. The van der Waals surface area contributed by atoms with Crippen LogP contribution in [0.3, 0.4) is 0 Å². The molecule has 0 heterocycles. The molecular formula is C9H15O. The number of rotatable bonds is 1. The summed E-state index contributed by atoms with van der Waals surface area (Å²) in [6.07, 6.45) is 8.11. The molecule has 2 unspecified atom stereocenters. The molecule has 0 bridgehead atoms. The Balaban J connectivity index is 2.37. The fraction of sp³-hybridized carbons (Fsp3) is 0.889. The first-order chi connectivity index (χ1) is 4.83. The van der Waals surface area contributed by atoms with Crippen molar-refractivity contribution in [2.75, 3.05) is 0 Å². The molecule has 2 atom stereocenters. The molecular weight excluding hydrogens is 124 g/mol. The average Bonchev–Trinajstić information content (AvgIpc) is 2.13. The lowest BCUT2D eigenvalue weighted by Crippen LogP contribution is -2.03. The molecule has 0 N–H and O–H groups in total. The number of hydrogen-bond acceptors (Lipinski definition) is 1. The Bertz CT molecular complexity index is 109. The fourth-order valence-corrected chi connectivity index (χ4v) is 1.71. The van der Waals surface area contributed by atoms with Crippen LogP contribution in [0.5, 0.6) is 0 Å². The molecule has 1 nitrogen and oxygen atoms in total. The smallest absolute Gasteiger partial charge is 0.201 e. The summed E-state index contributed by atoms with van der Waals surface area (Å²) in [6, 6.07) is 0. The summed E-state index contributed by atoms with van der Waals surface area (Å²) in [5.74, 6) is 0.992. The Labute approximate surface area is 62.8 Å². The highest BCUT2D eigenvalue weighted by Gasteiger charge is 2.16. The lowest BCUT2D eigenvalue weighted by molar-refractivity contribution is 0.443. The van der Waals surface area contributed by atoms with Crippen molar-refractivity contribution in [1.82, 2.24) is 0 Å². The first-order valence-electron chi connectivity index (χ1n) is 4.20. The first kappa shape index (κ1) is 7.77. The van der Waals surface area contributed by atoms with E-state index in [1.807, 2.05) is 0 Å². The van der Waals surface area contributed by atoms with Crippen LogP contribution in [0, 0.1) is 11.8 Å². The van der Waals surface area contributed by atoms with Gasteiger partial charge in [-0.05, 0) is 18.8 Å². The molecule has 1 saturated carbocycles. The molecule has 0 spiro atoms. The van der Waals surface area contributed by atoms with Crippen LogP contribution in [-0.2, 0) is 4.79 Å². The van der Waals surface area contributed by atoms with E-state index in [0.29, 0.717) is 0 Å². The van der Waals surface area contributed by atoms with Gasteiger partial charge in [-0.2, -0.15) is 0 Å². The van der Waals surface area contributed by atoms with Gasteiger partial charge in [0.25, 0.3) is 0 Å². The molecule has 57 valence electrons. The zero-order valence-corrected chi connectivity index (χ0v) is 6.60. The monoisotopic (exact) mass is 139 g/mol. The molecule has 0 aliphatic heterocycles. The van der Waals surface area contributed by atoms with Crippen molar-refractivity contribution in [1.29, 1.82) is 0 Å². The van der Waals surface area contributed by atoms with Gasteiger partial charge in [0.05, 0.1) is 0 Å². The summed E-state index contributed by atoms with van der Waals surface area (Å²) < 4.78 is 0. The topological polar surface area (TPSA) is 17.1 Å². The van der Waals surface area contributed by atoms with Crippen LogP contribution in [0.1, 0.15) is 39.0 Å². The van der Waals surface area contributed by atoms with Crippen LogP contribution in [0.2, 0.25) is 0 Å². The predicted molar refractivity (Wildman–Crippen MR) is 41.4 cm³/mol. The molecule has 1 aliphatic rings. The first-order valence-corrected chi connectivity index (χ1v) is 4.20. The van der Waals surface area contributed by atoms with E-state index in [0.717, 1.165) is 18.8 Å². The zero-order valence-electron chi connectivity index (χ0n) is 6.60. The van der Waals surface area contributed by atoms with E-state index < -0.39 is 0 Å². The molecule has 0 aromatic heterocycles. The second-order valence-electron chi connectivity index (χ2n) is 3.44. The number of carbonyl (C=O) groups excluding carboxylic acids is 1. The maximum absolute atomic E-state index is 10.3. The maximum Gasteiger partial charge on any atom is 0.201 e. The van der Waals surface area contributed by atoms with Gasteiger partial charge in [-0.1, -0.05) is 26.2 Å². The Morgan fingerprint density at radius 3 is 2.70 bits per heavy atom. The van der Waals surface area contributed by atoms with Crippen LogP contribution in [0.15, 0.2) is 0 Å². The van der Waals surface area contributed by atoms with E-state index >= 15 is 0 Å². The minimum atomic E-state index is 0.248. The summed E-state index contributed by atoms with van der Waals surface area (Å²) in [6.45, 7) is 2.23. The Morgan fingerprint density at radius 2 is 2.00 bits per heavy atom. The van der Waals surface area contributed by atoms with E-state index in [1.165, 1.54) is 19.3 Å². The summed E-state index contributed by atoms with van der Waals surface area (Å²) in [5, 5.41) is 0. The summed E-state index contributed by atoms with van der Waals surface area (Å²) >= 11 is 0. The predicted octanol–water partition coefficient (Wildman–Crippen LogP) is 2.31. The van der Waals surface area contributed by atoms with Crippen molar-refractivity contribution in [3.8, 4) is 0 Å². The van der Waals surface area contributed by atoms with E-state index in [4.69, 9.17) is 0 Å². The highest BCUT2D eigenvalue weighted by molar-refractivity contribution is 5.54. The van der Waals surface area contributed by atoms with Gasteiger partial charge in [0.15, 0.2) is 0 Å². The van der Waals surface area contributed by atoms with E-state index in [2.05, 4.69) is 13.2 Å². The van der Waals surface area contributed by atoms with Crippen LogP contribution in [0.4, 0.5) is 0 Å². The summed E-state index contributed by atoms with van der Waals surface area (Å²) in [7, 11) is 0. The molecule has 1 rings (SSSR count). The molecule has 1 heteroatoms. The van der Waals surface area contributed by atoms with Gasteiger partial charge < -0.3 is 0 Å². The lowest BCUT2D eigenvalue weighted by atomic mass is 9.96. The van der Waals surface area contributed by atoms with Crippen molar-refractivity contribution in [3.63, 3.8) is 0 Å². The molecule has 0 aromatic rings. The maximum atomic E-state index is 10.3. The van der Waals surface area contributed by atoms with Gasteiger partial charge in [0.2, 0.25) is 6.29 Å². The summed E-state index contributed by atoms with van der Waals surface area (Å²) in [5.41, 5.74) is 0. The highest BCUT2D eigenvalue weighted by Crippen LogP contribution is 2.25. The zero-order chi connectivity index (χ0) is 7.40. The molecule has 1 aliphatic carbocycles. The third-order valence-electron chi connectivity index (χ3n) is 2.35. The SMILES string of the molecule is CC1CCCCC([C]=O)C1. The van der Waals surface area contributed by atoms with Crippen molar-refractivity contribution in [2.24, 2.45) is 11.8 Å². The van der Waals surface area contributed by atoms with Crippen molar-refractivity contribution in [2.45, 2.75) is 39.0 Å². The quantitative estimate of drug-likeness (QED) is 0.509. The minimum Gasteiger partial charge on any atom is -0.291 e. The molecule has 10 heavy (non-hydrogen) atoms. The van der Waals surface area contributed by atoms with Crippen LogP contribution in [-0.4, -0.2) is 6.29 Å². The highest BCUT2D eigenvalue weighted by atomic mass is 16.1. The van der Waals surface area contributed by atoms with Gasteiger partial charge >= 0.3 is 0 Å². The van der Waals surface area contributed by atoms with E-state index in [1.54, 1.807) is 0 Å². The normalized spacial score (nSPS) is 34.9. The third kappa shape index (κ3) is 2.13. The molecule has 1 fully saturated rings. The van der Waals surface area contributed by atoms with Crippen LogP contribution >= 0.6 is 0 Å². The Kier molecular flexibility index (Phi) is 2.91. The van der Waals surface area contributed by atoms with E-state index in [-0.39, 0.29) is 5.92 Å².